The minimum absolute atomic E-state index is 0.0535. The van der Waals surface area contributed by atoms with Crippen LogP contribution in [0.1, 0.15) is 30.1 Å². The van der Waals surface area contributed by atoms with Crippen LogP contribution in [-0.2, 0) is 18.6 Å². The van der Waals surface area contributed by atoms with Gasteiger partial charge in [0.15, 0.2) is 22.6 Å². The first-order valence-electron chi connectivity index (χ1n) is 10.7. The van der Waals surface area contributed by atoms with Crippen LogP contribution in [-0.4, -0.2) is 50.0 Å². The number of hydrogen-bond donors (Lipinski definition) is 0. The number of alkyl halides is 3. The highest BCUT2D eigenvalue weighted by Gasteiger charge is 2.60. The number of benzene rings is 1. The number of oxazole rings is 1. The fourth-order valence-electron chi connectivity index (χ4n) is 4.86. The van der Waals surface area contributed by atoms with Gasteiger partial charge in [-0.15, -0.1) is 10.2 Å². The summed E-state index contributed by atoms with van der Waals surface area (Å²) in [6, 6.07) is 8.70. The van der Waals surface area contributed by atoms with Crippen LogP contribution < -0.4 is 0 Å². The number of hydrogen-bond acceptors (Lipinski definition) is 6. The quantitative estimate of drug-likeness (QED) is 0.298. The second kappa shape index (κ2) is 8.42. The molecule has 2 aliphatic rings. The van der Waals surface area contributed by atoms with E-state index in [1.54, 1.807) is 11.6 Å². The normalized spacial score (nSPS) is 22.7. The van der Waals surface area contributed by atoms with Crippen LogP contribution in [0.25, 0.3) is 11.5 Å². The van der Waals surface area contributed by atoms with Crippen LogP contribution in [0.5, 0.6) is 0 Å². The van der Waals surface area contributed by atoms with Crippen molar-refractivity contribution in [2.75, 3.05) is 25.4 Å². The SMILES string of the molecule is Cc1nc(-c2nnc(SCCCN3C[C@@H]4C[C@@]4(c4ccc(Br)cc4)C3)n2C)c(C(F)(F)F)o1. The van der Waals surface area contributed by atoms with Crippen LogP contribution in [0.3, 0.4) is 0 Å². The topological polar surface area (TPSA) is 60.0 Å². The molecule has 2 aromatic heterocycles. The highest BCUT2D eigenvalue weighted by Crippen LogP contribution is 2.59. The molecule has 3 aromatic rings. The zero-order valence-electron chi connectivity index (χ0n) is 18.2. The van der Waals surface area contributed by atoms with Crippen LogP contribution in [0.15, 0.2) is 38.3 Å². The number of fused-ring (bicyclic) bond motifs is 1. The van der Waals surface area contributed by atoms with Gasteiger partial charge in [-0.2, -0.15) is 13.2 Å². The first-order chi connectivity index (χ1) is 15.7. The number of rotatable bonds is 7. The maximum atomic E-state index is 13.3. The average molecular weight is 542 g/mol. The van der Waals surface area contributed by atoms with Gasteiger partial charge < -0.3 is 13.9 Å². The van der Waals surface area contributed by atoms with E-state index in [0.717, 1.165) is 42.2 Å². The van der Waals surface area contributed by atoms with Gasteiger partial charge >= 0.3 is 6.18 Å². The molecule has 3 heterocycles. The van der Waals surface area contributed by atoms with Crippen molar-refractivity contribution in [1.82, 2.24) is 24.6 Å². The minimum atomic E-state index is -4.64. The Morgan fingerprint density at radius 3 is 2.73 bits per heavy atom. The summed E-state index contributed by atoms with van der Waals surface area (Å²) in [5.41, 5.74) is 1.43. The molecular formula is C22H23BrF3N5OS. The molecule has 11 heteroatoms. The third-order valence-electron chi connectivity index (χ3n) is 6.52. The first-order valence-corrected chi connectivity index (χ1v) is 12.5. The lowest BCUT2D eigenvalue weighted by Crippen LogP contribution is -2.27. The van der Waals surface area contributed by atoms with Crippen molar-refractivity contribution < 1.29 is 17.6 Å². The lowest BCUT2D eigenvalue weighted by Gasteiger charge is -2.21. The minimum Gasteiger partial charge on any atom is -0.436 e. The van der Waals surface area contributed by atoms with Gasteiger partial charge in [-0.3, -0.25) is 0 Å². The van der Waals surface area contributed by atoms with Crippen LogP contribution in [0.4, 0.5) is 13.2 Å². The Morgan fingerprint density at radius 2 is 2.00 bits per heavy atom. The third kappa shape index (κ3) is 4.35. The van der Waals surface area contributed by atoms with E-state index in [1.807, 2.05) is 0 Å². The first kappa shape index (κ1) is 22.9. The molecule has 0 spiro atoms. The molecule has 1 aliphatic heterocycles. The predicted octanol–water partition coefficient (Wildman–Crippen LogP) is 5.32. The molecule has 0 amide bonds. The van der Waals surface area contributed by atoms with E-state index in [2.05, 4.69) is 60.3 Å². The highest BCUT2D eigenvalue weighted by molar-refractivity contribution is 9.10. The average Bonchev–Trinajstić information content (AvgIpc) is 3.06. The van der Waals surface area contributed by atoms with Gasteiger partial charge in [0.2, 0.25) is 5.76 Å². The van der Waals surface area contributed by atoms with Crippen LogP contribution in [0, 0.1) is 12.8 Å². The molecule has 1 aromatic carbocycles. The molecule has 0 N–H and O–H groups in total. The number of piperidine rings is 1. The van der Waals surface area contributed by atoms with E-state index in [0.29, 0.717) is 10.6 Å². The zero-order valence-corrected chi connectivity index (χ0v) is 20.6. The van der Waals surface area contributed by atoms with Crippen molar-refractivity contribution in [3.05, 3.63) is 46.0 Å². The summed E-state index contributed by atoms with van der Waals surface area (Å²) in [5.74, 6) is 0.403. The largest absolute Gasteiger partial charge is 0.452 e. The molecule has 6 nitrogen and oxygen atoms in total. The van der Waals surface area contributed by atoms with Crippen LogP contribution in [0.2, 0.25) is 0 Å². The van der Waals surface area contributed by atoms with Gasteiger partial charge in [0, 0.05) is 42.7 Å². The van der Waals surface area contributed by atoms with Crippen molar-refractivity contribution in [1.29, 1.82) is 0 Å². The maximum absolute atomic E-state index is 13.3. The molecule has 176 valence electrons. The smallest absolute Gasteiger partial charge is 0.436 e. The second-order valence-corrected chi connectivity index (χ2v) is 10.8. The Hall–Kier alpha value is -1.85. The van der Waals surface area contributed by atoms with Crippen LogP contribution >= 0.6 is 27.7 Å². The van der Waals surface area contributed by atoms with Gasteiger partial charge in [0.1, 0.15) is 0 Å². The molecular weight excluding hydrogens is 519 g/mol. The van der Waals surface area contributed by atoms with E-state index in [-0.39, 0.29) is 17.4 Å². The summed E-state index contributed by atoms with van der Waals surface area (Å²) in [6.45, 7) is 4.59. The molecule has 0 unspecified atom stereocenters. The van der Waals surface area contributed by atoms with Gasteiger partial charge in [0.05, 0.1) is 0 Å². The molecule has 2 atom stereocenters. The van der Waals surface area contributed by atoms with E-state index < -0.39 is 11.9 Å². The molecule has 0 radical (unpaired) electrons. The van der Waals surface area contributed by atoms with Crippen molar-refractivity contribution in [2.24, 2.45) is 13.0 Å². The predicted molar refractivity (Wildman–Crippen MR) is 122 cm³/mol. The monoisotopic (exact) mass is 541 g/mol. The lowest BCUT2D eigenvalue weighted by atomic mass is 9.95. The summed E-state index contributed by atoms with van der Waals surface area (Å²) in [5, 5.41) is 8.59. The Balaban J connectivity index is 1.16. The summed E-state index contributed by atoms with van der Waals surface area (Å²) >= 11 is 5.00. The summed E-state index contributed by atoms with van der Waals surface area (Å²) in [7, 11) is 1.65. The van der Waals surface area contributed by atoms with Crippen molar-refractivity contribution >= 4 is 27.7 Å². The Kier molecular flexibility index (Phi) is 5.85. The summed E-state index contributed by atoms with van der Waals surface area (Å²) < 4.78 is 47.2. The van der Waals surface area contributed by atoms with Crippen molar-refractivity contribution in [3.63, 3.8) is 0 Å². The van der Waals surface area contributed by atoms with Crippen molar-refractivity contribution in [3.8, 4) is 11.5 Å². The summed E-state index contributed by atoms with van der Waals surface area (Å²) in [4.78, 5) is 6.41. The standard InChI is InChI=1S/C22H23BrF3N5OS/c1-13-27-17(18(32-13)22(24,25)26)19-28-29-20(30(19)2)33-9-3-8-31-11-15-10-21(15,12-31)14-4-6-16(23)7-5-14/h4-7,15H,3,8-12H2,1-2H3/t15-,21-/m0/s1. The lowest BCUT2D eigenvalue weighted by molar-refractivity contribution is -0.152. The molecule has 0 bridgehead atoms. The molecule has 1 saturated heterocycles. The third-order valence-corrected chi connectivity index (χ3v) is 8.16. The van der Waals surface area contributed by atoms with E-state index >= 15 is 0 Å². The number of thioether (sulfide) groups is 1. The van der Waals surface area contributed by atoms with E-state index in [4.69, 9.17) is 4.42 Å². The van der Waals surface area contributed by atoms with Gasteiger partial charge in [-0.25, -0.2) is 4.98 Å². The molecule has 1 saturated carbocycles. The molecule has 1 aliphatic carbocycles. The van der Waals surface area contributed by atoms with E-state index in [9.17, 15) is 13.2 Å². The fraction of sp³-hybridized carbons (Fsp3) is 0.500. The number of likely N-dealkylation sites (tertiary alicyclic amines) is 1. The highest BCUT2D eigenvalue weighted by atomic mass is 79.9. The maximum Gasteiger partial charge on any atom is 0.452 e. The fourth-order valence-corrected chi connectivity index (χ4v) is 5.95. The number of aryl methyl sites for hydroxylation is 1. The molecule has 5 rings (SSSR count). The molecule has 33 heavy (non-hydrogen) atoms. The number of nitrogens with zero attached hydrogens (tertiary/aromatic N) is 5. The number of aromatic nitrogens is 4. The Morgan fingerprint density at radius 1 is 1.24 bits per heavy atom. The number of halogens is 4. The summed E-state index contributed by atoms with van der Waals surface area (Å²) in [6.07, 6.45) is -2.41. The van der Waals surface area contributed by atoms with Gasteiger partial charge in [-0.1, -0.05) is 39.8 Å². The Labute approximate surface area is 202 Å². The Bertz CT molecular complexity index is 1160. The van der Waals surface area contributed by atoms with E-state index in [1.165, 1.54) is 30.7 Å². The molecule has 2 fully saturated rings. The second-order valence-electron chi connectivity index (χ2n) is 8.77. The van der Waals surface area contributed by atoms with Crippen molar-refractivity contribution in [2.45, 2.75) is 36.5 Å². The van der Waals surface area contributed by atoms with Gasteiger partial charge in [0.25, 0.3) is 0 Å². The van der Waals surface area contributed by atoms with Gasteiger partial charge in [-0.05, 0) is 43.0 Å². The zero-order chi connectivity index (χ0) is 23.4.